The average molecular weight is 429 g/mol. The Labute approximate surface area is 180 Å². The summed E-state index contributed by atoms with van der Waals surface area (Å²) in [7, 11) is 0. The molecule has 2 aromatic rings. The predicted octanol–water partition coefficient (Wildman–Crippen LogP) is 4.83. The first-order valence-electron chi connectivity index (χ1n) is 10.0. The van der Waals surface area contributed by atoms with Gasteiger partial charge in [0.05, 0.1) is 10.7 Å². The van der Waals surface area contributed by atoms with Crippen LogP contribution in [0.25, 0.3) is 6.08 Å². The monoisotopic (exact) mass is 428 g/mol. The van der Waals surface area contributed by atoms with E-state index in [1.54, 1.807) is 4.90 Å². The van der Waals surface area contributed by atoms with Crippen LogP contribution in [0.2, 0.25) is 5.02 Å². The first-order valence-corrected chi connectivity index (χ1v) is 10.4. The van der Waals surface area contributed by atoms with E-state index in [0.29, 0.717) is 29.7 Å². The molecule has 0 unspecified atom stereocenters. The minimum Gasteiger partial charge on any atom is -0.444 e. The van der Waals surface area contributed by atoms with Crippen molar-refractivity contribution in [1.82, 2.24) is 15.1 Å². The van der Waals surface area contributed by atoms with Gasteiger partial charge in [0.1, 0.15) is 5.60 Å². The molecule has 1 aromatic heterocycles. The van der Waals surface area contributed by atoms with E-state index in [4.69, 9.17) is 16.3 Å². The van der Waals surface area contributed by atoms with Crippen LogP contribution >= 0.6 is 11.6 Å². The Bertz CT molecular complexity index is 992. The molecule has 2 heterocycles. The summed E-state index contributed by atoms with van der Waals surface area (Å²) in [6, 6.07) is 7.50. The zero-order chi connectivity index (χ0) is 21.5. The summed E-state index contributed by atoms with van der Waals surface area (Å²) < 4.78 is 5.36. The van der Waals surface area contributed by atoms with Gasteiger partial charge in [-0.05, 0) is 56.9 Å². The predicted molar refractivity (Wildman–Crippen MR) is 116 cm³/mol. The number of hydrogen-bond acceptors (Lipinski definition) is 4. The van der Waals surface area contributed by atoms with Gasteiger partial charge in [0, 0.05) is 24.7 Å². The van der Waals surface area contributed by atoms with E-state index in [1.165, 1.54) is 0 Å². The maximum absolute atomic E-state index is 12.5. The first-order chi connectivity index (χ1) is 14.2. The molecule has 0 radical (unpaired) electrons. The number of nitrogens with zero attached hydrogens (tertiary/aromatic N) is 2. The van der Waals surface area contributed by atoms with Gasteiger partial charge in [0.25, 0.3) is 5.91 Å². The lowest BCUT2D eigenvalue weighted by molar-refractivity contribution is 0.0216. The molecule has 1 aliphatic carbocycles. The molecule has 4 rings (SSSR count). The van der Waals surface area contributed by atoms with Crippen LogP contribution in [0.3, 0.4) is 0 Å². The summed E-state index contributed by atoms with van der Waals surface area (Å²) in [5, 5.41) is 10.2. The smallest absolute Gasteiger partial charge is 0.410 e. The highest BCUT2D eigenvalue weighted by Gasteiger charge is 2.31. The fraction of sp³-hybridized carbons (Fsp3) is 0.409. The van der Waals surface area contributed by atoms with Crippen molar-refractivity contribution in [1.29, 1.82) is 0 Å². The van der Waals surface area contributed by atoms with Crippen LogP contribution in [-0.4, -0.2) is 45.8 Å². The number of H-pyrrole nitrogens is 1. The fourth-order valence-electron chi connectivity index (χ4n) is 3.21. The van der Waals surface area contributed by atoms with E-state index in [-0.39, 0.29) is 17.7 Å². The van der Waals surface area contributed by atoms with E-state index >= 15 is 0 Å². The Balaban J connectivity index is 1.32. The Morgan fingerprint density at radius 3 is 2.50 bits per heavy atom. The van der Waals surface area contributed by atoms with Gasteiger partial charge in [-0.1, -0.05) is 29.8 Å². The molecule has 2 aliphatic rings. The van der Waals surface area contributed by atoms with Gasteiger partial charge in [0.2, 0.25) is 0 Å². The van der Waals surface area contributed by atoms with Gasteiger partial charge in [-0.15, -0.1) is 0 Å². The summed E-state index contributed by atoms with van der Waals surface area (Å²) >= 11 is 6.30. The fourth-order valence-corrected chi connectivity index (χ4v) is 3.54. The molecule has 1 aromatic carbocycles. The third-order valence-corrected chi connectivity index (χ3v) is 5.29. The Morgan fingerprint density at radius 1 is 1.23 bits per heavy atom. The van der Waals surface area contributed by atoms with Crippen molar-refractivity contribution in [2.75, 3.05) is 18.4 Å². The van der Waals surface area contributed by atoms with E-state index in [2.05, 4.69) is 15.5 Å². The number of aromatic amines is 1. The van der Waals surface area contributed by atoms with Crippen molar-refractivity contribution >= 4 is 35.4 Å². The van der Waals surface area contributed by atoms with Crippen LogP contribution in [0.1, 0.15) is 61.3 Å². The van der Waals surface area contributed by atoms with Crippen molar-refractivity contribution in [2.45, 2.75) is 45.1 Å². The third-order valence-electron chi connectivity index (χ3n) is 4.91. The lowest BCUT2D eigenvalue weighted by Crippen LogP contribution is -2.46. The second kappa shape index (κ2) is 7.80. The van der Waals surface area contributed by atoms with E-state index in [0.717, 1.165) is 29.7 Å². The Hall–Kier alpha value is -2.80. The SMILES string of the molecule is CC(C)(C)OC(=O)N1CC(=Cc2ccc(NC(=O)c3n[nH]c(C4CC4)c3Cl)cc2)C1. The molecule has 1 aliphatic heterocycles. The minimum atomic E-state index is -0.490. The maximum Gasteiger partial charge on any atom is 0.410 e. The first kappa shape index (κ1) is 20.5. The highest BCUT2D eigenvalue weighted by atomic mass is 35.5. The van der Waals surface area contributed by atoms with E-state index in [9.17, 15) is 9.59 Å². The van der Waals surface area contributed by atoms with Crippen molar-refractivity contribution in [3.05, 3.63) is 51.8 Å². The summed E-state index contributed by atoms with van der Waals surface area (Å²) in [5.74, 6) is 0.0675. The van der Waals surface area contributed by atoms with Crippen molar-refractivity contribution in [3.63, 3.8) is 0 Å². The Morgan fingerprint density at radius 2 is 1.90 bits per heavy atom. The standard InChI is InChI=1S/C22H25ClN4O3/c1-22(2,3)30-21(29)27-11-14(12-27)10-13-4-8-16(9-5-13)24-20(28)19-17(23)18(25-26-19)15-6-7-15/h4-5,8-10,15H,6-7,11-12H2,1-3H3,(H,24,28)(H,25,26). The summed E-state index contributed by atoms with van der Waals surface area (Å²) in [6.45, 7) is 6.69. The molecule has 0 spiro atoms. The number of likely N-dealkylation sites (tertiary alicyclic amines) is 1. The second-order valence-electron chi connectivity index (χ2n) is 8.79. The number of aromatic nitrogens is 2. The van der Waals surface area contributed by atoms with E-state index in [1.807, 2.05) is 51.1 Å². The number of amides is 2. The molecule has 0 bridgehead atoms. The highest BCUT2D eigenvalue weighted by molar-refractivity contribution is 6.34. The van der Waals surface area contributed by atoms with Gasteiger partial charge in [0.15, 0.2) is 5.69 Å². The molecule has 158 valence electrons. The second-order valence-corrected chi connectivity index (χ2v) is 9.17. The van der Waals surface area contributed by atoms with Gasteiger partial charge in [-0.3, -0.25) is 9.89 Å². The average Bonchev–Trinajstić information content (AvgIpc) is 3.39. The number of hydrogen-bond donors (Lipinski definition) is 2. The molecular weight excluding hydrogens is 404 g/mol. The lowest BCUT2D eigenvalue weighted by atomic mass is 10.0. The zero-order valence-electron chi connectivity index (χ0n) is 17.3. The molecular formula is C22H25ClN4O3. The largest absolute Gasteiger partial charge is 0.444 e. The molecule has 30 heavy (non-hydrogen) atoms. The minimum absolute atomic E-state index is 0.224. The number of nitrogens with one attached hydrogen (secondary N) is 2. The maximum atomic E-state index is 12.5. The van der Waals surface area contributed by atoms with Crippen molar-refractivity contribution in [3.8, 4) is 0 Å². The van der Waals surface area contributed by atoms with Crippen LogP contribution < -0.4 is 5.32 Å². The van der Waals surface area contributed by atoms with Gasteiger partial charge < -0.3 is 15.0 Å². The van der Waals surface area contributed by atoms with Crippen LogP contribution in [0.4, 0.5) is 10.5 Å². The molecule has 8 heteroatoms. The molecule has 2 fully saturated rings. The summed E-state index contributed by atoms with van der Waals surface area (Å²) in [4.78, 5) is 26.1. The highest BCUT2D eigenvalue weighted by Crippen LogP contribution is 2.42. The quantitative estimate of drug-likeness (QED) is 0.730. The number of carbonyl (C=O) groups is 2. The summed E-state index contributed by atoms with van der Waals surface area (Å²) in [6.07, 6.45) is 3.91. The number of anilines is 1. The molecule has 2 amide bonds. The normalized spacial score (nSPS) is 16.1. The topological polar surface area (TPSA) is 87.3 Å². The third kappa shape index (κ3) is 4.67. The Kier molecular flexibility index (Phi) is 5.32. The number of benzene rings is 1. The summed E-state index contributed by atoms with van der Waals surface area (Å²) in [5.41, 5.74) is 3.40. The van der Waals surface area contributed by atoms with Crippen LogP contribution in [0.15, 0.2) is 29.8 Å². The molecule has 1 saturated carbocycles. The molecule has 7 nitrogen and oxygen atoms in total. The lowest BCUT2D eigenvalue weighted by Gasteiger charge is -2.35. The molecule has 0 atom stereocenters. The zero-order valence-corrected chi connectivity index (χ0v) is 18.0. The van der Waals surface area contributed by atoms with Gasteiger partial charge in [-0.25, -0.2) is 4.79 Å². The number of ether oxygens (including phenoxy) is 1. The van der Waals surface area contributed by atoms with Gasteiger partial charge >= 0.3 is 6.09 Å². The number of carbonyl (C=O) groups excluding carboxylic acids is 2. The van der Waals surface area contributed by atoms with Gasteiger partial charge in [-0.2, -0.15) is 5.10 Å². The van der Waals surface area contributed by atoms with Crippen molar-refractivity contribution in [2.24, 2.45) is 0 Å². The van der Waals surface area contributed by atoms with Crippen molar-refractivity contribution < 1.29 is 14.3 Å². The number of rotatable bonds is 4. The number of halogens is 1. The molecule has 1 saturated heterocycles. The van der Waals surface area contributed by atoms with Crippen LogP contribution in [0, 0.1) is 0 Å². The molecule has 2 N–H and O–H groups in total. The van der Waals surface area contributed by atoms with Crippen LogP contribution in [0.5, 0.6) is 0 Å². The van der Waals surface area contributed by atoms with Crippen LogP contribution in [-0.2, 0) is 4.74 Å². The van der Waals surface area contributed by atoms with E-state index < -0.39 is 5.60 Å².